The van der Waals surface area contributed by atoms with E-state index in [2.05, 4.69) is 5.32 Å². The molecule has 0 saturated heterocycles. The summed E-state index contributed by atoms with van der Waals surface area (Å²) >= 11 is 0. The molecule has 1 aromatic carbocycles. The van der Waals surface area contributed by atoms with Crippen LogP contribution in [0, 0.1) is 16.7 Å². The minimum atomic E-state index is -4.58. The molecule has 0 aliphatic heterocycles. The summed E-state index contributed by atoms with van der Waals surface area (Å²) in [6.07, 6.45) is -2.67. The number of hydrogen-bond acceptors (Lipinski definition) is 3. The molecule has 21 heavy (non-hydrogen) atoms. The molecule has 0 radical (unpaired) electrons. The van der Waals surface area contributed by atoms with Crippen molar-refractivity contribution in [3.05, 3.63) is 29.3 Å². The molecule has 4 nitrogen and oxygen atoms in total. The van der Waals surface area contributed by atoms with Crippen molar-refractivity contribution in [2.45, 2.75) is 25.4 Å². The highest BCUT2D eigenvalue weighted by Gasteiger charge is 2.44. The number of alkyl halides is 3. The van der Waals surface area contributed by atoms with Crippen molar-refractivity contribution in [2.75, 3.05) is 11.9 Å². The Bertz CT molecular complexity index is 601. The van der Waals surface area contributed by atoms with E-state index in [1.54, 1.807) is 0 Å². The minimum absolute atomic E-state index is 0.137. The van der Waals surface area contributed by atoms with Crippen LogP contribution in [0.4, 0.5) is 18.9 Å². The molecular weight excluding hydrogens is 285 g/mol. The van der Waals surface area contributed by atoms with Gasteiger partial charge in [0.15, 0.2) is 0 Å². The standard InChI is InChI=1S/C14H13F3N2O2/c15-14(16,17)11-3-2-10(6-9(11)7-18)19-8-13(12(20)21)4-1-5-13/h2-3,6,19H,1,4-5,8H2,(H,20,21). The fourth-order valence-electron chi connectivity index (χ4n) is 2.33. The lowest BCUT2D eigenvalue weighted by Crippen LogP contribution is -2.43. The van der Waals surface area contributed by atoms with E-state index in [9.17, 15) is 23.1 Å². The van der Waals surface area contributed by atoms with E-state index >= 15 is 0 Å². The predicted octanol–water partition coefficient (Wildman–Crippen LogP) is 3.24. The summed E-state index contributed by atoms with van der Waals surface area (Å²) in [5, 5.41) is 20.8. The highest BCUT2D eigenvalue weighted by atomic mass is 19.4. The Balaban J connectivity index is 2.16. The van der Waals surface area contributed by atoms with Gasteiger partial charge < -0.3 is 10.4 Å². The second-order valence-corrected chi connectivity index (χ2v) is 5.16. The summed E-state index contributed by atoms with van der Waals surface area (Å²) in [6, 6.07) is 4.64. The van der Waals surface area contributed by atoms with Crippen molar-refractivity contribution in [2.24, 2.45) is 5.41 Å². The van der Waals surface area contributed by atoms with Gasteiger partial charge in [0.2, 0.25) is 0 Å². The van der Waals surface area contributed by atoms with Crippen LogP contribution in [0.5, 0.6) is 0 Å². The van der Waals surface area contributed by atoms with Gasteiger partial charge >= 0.3 is 12.1 Å². The van der Waals surface area contributed by atoms with Gasteiger partial charge in [-0.25, -0.2) is 0 Å². The van der Waals surface area contributed by atoms with Crippen molar-refractivity contribution in [1.82, 2.24) is 0 Å². The number of rotatable bonds is 4. The molecule has 1 aliphatic carbocycles. The van der Waals surface area contributed by atoms with Crippen LogP contribution in [0.1, 0.15) is 30.4 Å². The molecule has 0 heterocycles. The Hall–Kier alpha value is -2.23. The van der Waals surface area contributed by atoms with Crippen molar-refractivity contribution in [1.29, 1.82) is 5.26 Å². The number of nitrogens with zero attached hydrogens (tertiary/aromatic N) is 1. The SMILES string of the molecule is N#Cc1cc(NCC2(C(=O)O)CCC2)ccc1C(F)(F)F. The first-order chi connectivity index (χ1) is 9.78. The molecule has 2 N–H and O–H groups in total. The minimum Gasteiger partial charge on any atom is -0.481 e. The smallest absolute Gasteiger partial charge is 0.417 e. The first-order valence-electron chi connectivity index (χ1n) is 6.37. The van der Waals surface area contributed by atoms with Gasteiger partial charge in [0.1, 0.15) is 0 Å². The average Bonchev–Trinajstić information content (AvgIpc) is 2.35. The number of benzene rings is 1. The van der Waals surface area contributed by atoms with Crippen LogP contribution >= 0.6 is 0 Å². The molecule has 0 amide bonds. The second kappa shape index (κ2) is 5.28. The van der Waals surface area contributed by atoms with Gasteiger partial charge in [0, 0.05) is 12.2 Å². The number of nitrogens with one attached hydrogen (secondary N) is 1. The Morgan fingerprint density at radius 2 is 2.10 bits per heavy atom. The molecule has 1 fully saturated rings. The summed E-state index contributed by atoms with van der Waals surface area (Å²) in [7, 11) is 0. The Kier molecular flexibility index (Phi) is 3.81. The normalized spacial score (nSPS) is 16.7. The zero-order valence-electron chi connectivity index (χ0n) is 11.0. The van der Waals surface area contributed by atoms with Gasteiger partial charge in [-0.3, -0.25) is 4.79 Å². The number of carboxylic acids is 1. The third-order valence-electron chi connectivity index (χ3n) is 3.84. The van der Waals surface area contributed by atoms with E-state index < -0.39 is 28.7 Å². The number of carbonyl (C=O) groups is 1. The van der Waals surface area contributed by atoms with Gasteiger partial charge in [-0.05, 0) is 31.0 Å². The molecule has 0 aromatic heterocycles. The highest BCUT2D eigenvalue weighted by Crippen LogP contribution is 2.41. The van der Waals surface area contributed by atoms with E-state index in [0.29, 0.717) is 18.5 Å². The van der Waals surface area contributed by atoms with Crippen LogP contribution in [0.15, 0.2) is 18.2 Å². The van der Waals surface area contributed by atoms with Crippen LogP contribution in [0.2, 0.25) is 0 Å². The molecule has 1 aliphatic rings. The van der Waals surface area contributed by atoms with Crippen LogP contribution < -0.4 is 5.32 Å². The largest absolute Gasteiger partial charge is 0.481 e. The number of aliphatic carboxylic acids is 1. The molecular formula is C14H13F3N2O2. The van der Waals surface area contributed by atoms with Gasteiger partial charge in [-0.2, -0.15) is 18.4 Å². The quantitative estimate of drug-likeness (QED) is 0.895. The van der Waals surface area contributed by atoms with Crippen molar-refractivity contribution in [3.63, 3.8) is 0 Å². The fraction of sp³-hybridized carbons (Fsp3) is 0.429. The zero-order valence-corrected chi connectivity index (χ0v) is 11.0. The third kappa shape index (κ3) is 2.94. The number of halogens is 3. The summed E-state index contributed by atoms with van der Waals surface area (Å²) < 4.78 is 38.0. The summed E-state index contributed by atoms with van der Waals surface area (Å²) in [4.78, 5) is 11.2. The summed E-state index contributed by atoms with van der Waals surface area (Å²) in [5.74, 6) is -0.909. The average molecular weight is 298 g/mol. The van der Waals surface area contributed by atoms with Crippen molar-refractivity contribution in [3.8, 4) is 6.07 Å². The van der Waals surface area contributed by atoms with E-state index in [1.807, 2.05) is 0 Å². The van der Waals surface area contributed by atoms with Crippen LogP contribution in [0.25, 0.3) is 0 Å². The lowest BCUT2D eigenvalue weighted by molar-refractivity contribution is -0.153. The Morgan fingerprint density at radius 3 is 2.52 bits per heavy atom. The first kappa shape index (κ1) is 15.2. The van der Waals surface area contributed by atoms with Crippen molar-refractivity contribution >= 4 is 11.7 Å². The maximum absolute atomic E-state index is 12.7. The van der Waals surface area contributed by atoms with E-state index in [4.69, 9.17) is 5.26 Å². The number of nitriles is 1. The molecule has 0 atom stereocenters. The van der Waals surface area contributed by atoms with Crippen LogP contribution in [0.3, 0.4) is 0 Å². The molecule has 2 rings (SSSR count). The molecule has 0 bridgehead atoms. The number of carboxylic acid groups (broad SMARTS) is 1. The van der Waals surface area contributed by atoms with Gasteiger partial charge in [0.05, 0.1) is 22.6 Å². The van der Waals surface area contributed by atoms with Gasteiger partial charge in [-0.15, -0.1) is 0 Å². The maximum atomic E-state index is 12.7. The van der Waals surface area contributed by atoms with Crippen molar-refractivity contribution < 1.29 is 23.1 Å². The van der Waals surface area contributed by atoms with Crippen LogP contribution in [-0.4, -0.2) is 17.6 Å². The fourth-order valence-corrected chi connectivity index (χ4v) is 2.33. The zero-order chi connectivity index (χ0) is 15.7. The van der Waals surface area contributed by atoms with E-state index in [-0.39, 0.29) is 6.54 Å². The number of hydrogen-bond donors (Lipinski definition) is 2. The monoisotopic (exact) mass is 298 g/mol. The third-order valence-corrected chi connectivity index (χ3v) is 3.84. The lowest BCUT2D eigenvalue weighted by atomic mass is 9.69. The molecule has 1 saturated carbocycles. The number of anilines is 1. The molecule has 112 valence electrons. The maximum Gasteiger partial charge on any atom is 0.417 e. The predicted molar refractivity (Wildman–Crippen MR) is 68.6 cm³/mol. The molecule has 0 unspecified atom stereocenters. The highest BCUT2D eigenvalue weighted by molar-refractivity contribution is 5.76. The first-order valence-corrected chi connectivity index (χ1v) is 6.37. The molecule has 1 aromatic rings. The van der Waals surface area contributed by atoms with E-state index in [1.165, 1.54) is 12.1 Å². The summed E-state index contributed by atoms with van der Waals surface area (Å²) in [5.41, 5.74) is -2.01. The van der Waals surface area contributed by atoms with Gasteiger partial charge in [0.25, 0.3) is 0 Å². The Morgan fingerprint density at radius 1 is 1.43 bits per heavy atom. The molecule has 7 heteroatoms. The summed E-state index contributed by atoms with van der Waals surface area (Å²) in [6.45, 7) is 0.137. The second-order valence-electron chi connectivity index (χ2n) is 5.16. The topological polar surface area (TPSA) is 73.1 Å². The molecule has 0 spiro atoms. The van der Waals surface area contributed by atoms with Gasteiger partial charge in [-0.1, -0.05) is 6.42 Å². The Labute approximate surface area is 119 Å². The van der Waals surface area contributed by atoms with E-state index in [0.717, 1.165) is 18.6 Å². The van der Waals surface area contributed by atoms with Crippen LogP contribution in [-0.2, 0) is 11.0 Å². The lowest BCUT2D eigenvalue weighted by Gasteiger charge is -2.37.